The SMILES string of the molecule is Cc1cc(Nc2nccc(-c3cn(C)cn3)n2)cc2cc(C(=O)CNC=O)[nH]c12. The second-order valence-corrected chi connectivity index (χ2v) is 6.68. The summed E-state index contributed by atoms with van der Waals surface area (Å²) in [5.41, 5.74) is 4.57. The number of aromatic amines is 1. The number of ketones is 1. The number of aromatic nitrogens is 5. The Morgan fingerprint density at radius 3 is 2.86 bits per heavy atom. The minimum absolute atomic E-state index is 0.0470. The Labute approximate surface area is 166 Å². The number of hydrogen-bond acceptors (Lipinski definition) is 6. The first-order valence-electron chi connectivity index (χ1n) is 8.95. The number of nitrogens with one attached hydrogen (secondary N) is 3. The zero-order valence-corrected chi connectivity index (χ0v) is 15.9. The van der Waals surface area contributed by atoms with Crippen molar-refractivity contribution < 1.29 is 9.59 Å². The lowest BCUT2D eigenvalue weighted by Crippen LogP contribution is -2.21. The molecule has 0 spiro atoms. The van der Waals surface area contributed by atoms with E-state index in [4.69, 9.17) is 0 Å². The molecule has 9 heteroatoms. The first kappa shape index (κ1) is 18.4. The molecule has 1 aromatic carbocycles. The third-order valence-electron chi connectivity index (χ3n) is 4.45. The predicted octanol–water partition coefficient (Wildman–Crippen LogP) is 2.34. The lowest BCUT2D eigenvalue weighted by molar-refractivity contribution is -0.109. The van der Waals surface area contributed by atoms with E-state index in [1.54, 1.807) is 24.7 Å². The van der Waals surface area contributed by atoms with Gasteiger partial charge in [0.25, 0.3) is 0 Å². The molecule has 146 valence electrons. The number of aryl methyl sites for hydroxylation is 2. The van der Waals surface area contributed by atoms with Crippen LogP contribution in [0.2, 0.25) is 0 Å². The minimum Gasteiger partial charge on any atom is -0.352 e. The van der Waals surface area contributed by atoms with Gasteiger partial charge in [-0.15, -0.1) is 0 Å². The topological polar surface area (TPSA) is 118 Å². The maximum absolute atomic E-state index is 12.1. The van der Waals surface area contributed by atoms with Crippen LogP contribution in [0.4, 0.5) is 11.6 Å². The summed E-state index contributed by atoms with van der Waals surface area (Å²) in [4.78, 5) is 38.8. The lowest BCUT2D eigenvalue weighted by Gasteiger charge is -2.07. The zero-order valence-electron chi connectivity index (χ0n) is 15.9. The molecule has 3 aromatic heterocycles. The third-order valence-corrected chi connectivity index (χ3v) is 4.45. The van der Waals surface area contributed by atoms with Crippen molar-refractivity contribution in [2.75, 3.05) is 11.9 Å². The summed E-state index contributed by atoms with van der Waals surface area (Å²) >= 11 is 0. The number of nitrogens with zero attached hydrogens (tertiary/aromatic N) is 4. The average molecular weight is 389 g/mol. The molecular weight excluding hydrogens is 370 g/mol. The molecule has 3 heterocycles. The summed E-state index contributed by atoms with van der Waals surface area (Å²) in [6, 6.07) is 7.44. The molecule has 0 aliphatic carbocycles. The van der Waals surface area contributed by atoms with E-state index in [1.807, 2.05) is 36.9 Å². The van der Waals surface area contributed by atoms with Crippen LogP contribution < -0.4 is 10.6 Å². The molecular formula is C20H19N7O2. The molecule has 0 saturated carbocycles. The van der Waals surface area contributed by atoms with Gasteiger partial charge in [-0.1, -0.05) is 0 Å². The van der Waals surface area contributed by atoms with Crippen LogP contribution in [0.5, 0.6) is 0 Å². The summed E-state index contributed by atoms with van der Waals surface area (Å²) in [5.74, 6) is 0.266. The highest BCUT2D eigenvalue weighted by Gasteiger charge is 2.12. The highest BCUT2D eigenvalue weighted by molar-refractivity contribution is 6.02. The first-order valence-corrected chi connectivity index (χ1v) is 8.95. The van der Waals surface area contributed by atoms with Crippen molar-refractivity contribution in [3.63, 3.8) is 0 Å². The standard InChI is InChI=1S/C20H19N7O2/c1-12-5-14(6-13-7-16(25-19(12)13)18(29)8-21-11-28)24-20-22-4-3-15(26-20)17-9-27(2)10-23-17/h3-7,9-11,25H,8H2,1-2H3,(H,21,28)(H,22,24,26). The van der Waals surface area contributed by atoms with E-state index >= 15 is 0 Å². The van der Waals surface area contributed by atoms with Crippen molar-refractivity contribution in [2.24, 2.45) is 7.05 Å². The molecule has 0 aliphatic rings. The number of hydrogen-bond donors (Lipinski definition) is 3. The van der Waals surface area contributed by atoms with Gasteiger partial charge >= 0.3 is 0 Å². The van der Waals surface area contributed by atoms with Gasteiger partial charge in [-0.25, -0.2) is 15.0 Å². The summed E-state index contributed by atoms with van der Waals surface area (Å²) in [5, 5.41) is 6.47. The molecule has 9 nitrogen and oxygen atoms in total. The number of Topliss-reactive ketones (excluding diaryl/α,β-unsaturated/α-hetero) is 1. The number of carbonyl (C=O) groups is 2. The molecule has 1 amide bonds. The van der Waals surface area contributed by atoms with E-state index in [0.29, 0.717) is 18.1 Å². The van der Waals surface area contributed by atoms with E-state index in [-0.39, 0.29) is 12.3 Å². The molecule has 4 aromatic rings. The van der Waals surface area contributed by atoms with E-state index in [0.717, 1.165) is 33.5 Å². The van der Waals surface area contributed by atoms with E-state index in [2.05, 4.69) is 30.6 Å². The van der Waals surface area contributed by atoms with Gasteiger partial charge in [-0.3, -0.25) is 9.59 Å². The van der Waals surface area contributed by atoms with E-state index in [1.165, 1.54) is 0 Å². The third kappa shape index (κ3) is 3.84. The number of amides is 1. The zero-order chi connectivity index (χ0) is 20.4. The van der Waals surface area contributed by atoms with E-state index in [9.17, 15) is 9.59 Å². The van der Waals surface area contributed by atoms with Gasteiger partial charge in [-0.2, -0.15) is 0 Å². The minimum atomic E-state index is -0.186. The Morgan fingerprint density at radius 1 is 1.24 bits per heavy atom. The average Bonchev–Trinajstić information content (AvgIpc) is 3.33. The van der Waals surface area contributed by atoms with Crippen molar-refractivity contribution in [3.05, 3.63) is 54.2 Å². The molecule has 29 heavy (non-hydrogen) atoms. The Morgan fingerprint density at radius 2 is 2.10 bits per heavy atom. The Bertz CT molecular complexity index is 1210. The fourth-order valence-electron chi connectivity index (χ4n) is 3.11. The van der Waals surface area contributed by atoms with Crippen LogP contribution in [-0.2, 0) is 11.8 Å². The van der Waals surface area contributed by atoms with Gasteiger partial charge in [0.05, 0.1) is 24.3 Å². The number of anilines is 2. The van der Waals surface area contributed by atoms with Crippen LogP contribution in [0.25, 0.3) is 22.3 Å². The monoisotopic (exact) mass is 389 g/mol. The normalized spacial score (nSPS) is 10.8. The van der Waals surface area contributed by atoms with Gasteiger partial charge in [0.2, 0.25) is 12.4 Å². The quantitative estimate of drug-likeness (QED) is 0.330. The van der Waals surface area contributed by atoms with Crippen LogP contribution in [0.3, 0.4) is 0 Å². The molecule has 0 aliphatic heterocycles. The molecule has 4 rings (SSSR count). The number of fused-ring (bicyclic) bond motifs is 1. The van der Waals surface area contributed by atoms with Gasteiger partial charge in [0, 0.05) is 36.0 Å². The van der Waals surface area contributed by atoms with Crippen LogP contribution in [0, 0.1) is 6.92 Å². The van der Waals surface area contributed by atoms with Crippen molar-refractivity contribution in [1.82, 2.24) is 29.8 Å². The highest BCUT2D eigenvalue weighted by atomic mass is 16.1. The summed E-state index contributed by atoms with van der Waals surface area (Å²) in [7, 11) is 1.90. The lowest BCUT2D eigenvalue weighted by atomic mass is 10.1. The van der Waals surface area contributed by atoms with Gasteiger partial charge < -0.3 is 20.2 Å². The summed E-state index contributed by atoms with van der Waals surface area (Å²) in [6.07, 6.45) is 5.79. The number of imidazole rings is 1. The molecule has 3 N–H and O–H groups in total. The van der Waals surface area contributed by atoms with Crippen LogP contribution >= 0.6 is 0 Å². The molecule has 0 atom stereocenters. The van der Waals surface area contributed by atoms with Gasteiger partial charge in [-0.05, 0) is 36.8 Å². The van der Waals surface area contributed by atoms with Crippen molar-refractivity contribution in [1.29, 1.82) is 0 Å². The maximum Gasteiger partial charge on any atom is 0.227 e. The van der Waals surface area contributed by atoms with E-state index < -0.39 is 0 Å². The fourth-order valence-corrected chi connectivity index (χ4v) is 3.11. The van der Waals surface area contributed by atoms with Crippen LogP contribution in [0.15, 0.2) is 43.0 Å². The summed E-state index contributed by atoms with van der Waals surface area (Å²) < 4.78 is 1.86. The van der Waals surface area contributed by atoms with Crippen molar-refractivity contribution in [3.8, 4) is 11.4 Å². The van der Waals surface area contributed by atoms with Crippen molar-refractivity contribution in [2.45, 2.75) is 6.92 Å². The molecule has 0 unspecified atom stereocenters. The maximum atomic E-state index is 12.1. The Balaban J connectivity index is 1.61. The molecule has 0 fully saturated rings. The number of carbonyl (C=O) groups excluding carboxylic acids is 2. The first-order chi connectivity index (χ1) is 14.0. The number of rotatable bonds is 7. The highest BCUT2D eigenvalue weighted by Crippen LogP contribution is 2.26. The van der Waals surface area contributed by atoms with Crippen LogP contribution in [0.1, 0.15) is 16.1 Å². The largest absolute Gasteiger partial charge is 0.352 e. The smallest absolute Gasteiger partial charge is 0.227 e. The number of benzene rings is 1. The van der Waals surface area contributed by atoms with Gasteiger partial charge in [0.15, 0.2) is 5.78 Å². The predicted molar refractivity (Wildman–Crippen MR) is 109 cm³/mol. The fraction of sp³-hybridized carbons (Fsp3) is 0.150. The van der Waals surface area contributed by atoms with Crippen molar-refractivity contribution >= 4 is 34.7 Å². The summed E-state index contributed by atoms with van der Waals surface area (Å²) in [6.45, 7) is 1.90. The molecule has 0 bridgehead atoms. The second-order valence-electron chi connectivity index (χ2n) is 6.68. The second kappa shape index (κ2) is 7.55. The molecule has 0 radical (unpaired) electrons. The Kier molecular flexibility index (Phi) is 4.78. The van der Waals surface area contributed by atoms with Crippen LogP contribution in [-0.4, -0.2) is 43.2 Å². The number of H-pyrrole nitrogens is 1. The molecule has 0 saturated heterocycles. The van der Waals surface area contributed by atoms with Gasteiger partial charge in [0.1, 0.15) is 5.69 Å². The Hall–Kier alpha value is -4.01.